The number of nitrogens with two attached hydrogens (primary N) is 1. The summed E-state index contributed by atoms with van der Waals surface area (Å²) in [6, 6.07) is 8.21. The zero-order valence-corrected chi connectivity index (χ0v) is 11.3. The standard InChI is InChI=1S/C15H23NO2/c1-3-8-17-14-6-4-12(5-7-14)15(16)13-9-11(2)18-10-13/h4-7,11,13,15H,3,8-10,16H2,1-2H3. The number of ether oxygens (including phenoxy) is 2. The average molecular weight is 249 g/mol. The lowest BCUT2D eigenvalue weighted by atomic mass is 9.92. The zero-order valence-electron chi connectivity index (χ0n) is 11.3. The Labute approximate surface area is 109 Å². The molecule has 1 aliphatic rings. The van der Waals surface area contributed by atoms with Crippen molar-refractivity contribution in [3.8, 4) is 5.75 Å². The summed E-state index contributed by atoms with van der Waals surface area (Å²) >= 11 is 0. The molecule has 1 heterocycles. The van der Waals surface area contributed by atoms with E-state index in [2.05, 4.69) is 26.0 Å². The molecule has 0 amide bonds. The van der Waals surface area contributed by atoms with Gasteiger partial charge in [-0.3, -0.25) is 0 Å². The first-order valence-corrected chi connectivity index (χ1v) is 6.80. The summed E-state index contributed by atoms with van der Waals surface area (Å²) in [6.07, 6.45) is 2.42. The van der Waals surface area contributed by atoms with E-state index >= 15 is 0 Å². The highest BCUT2D eigenvalue weighted by atomic mass is 16.5. The van der Waals surface area contributed by atoms with Crippen molar-refractivity contribution in [1.29, 1.82) is 0 Å². The van der Waals surface area contributed by atoms with Crippen molar-refractivity contribution in [1.82, 2.24) is 0 Å². The summed E-state index contributed by atoms with van der Waals surface area (Å²) in [5.74, 6) is 1.35. The van der Waals surface area contributed by atoms with E-state index in [-0.39, 0.29) is 6.04 Å². The van der Waals surface area contributed by atoms with Gasteiger partial charge in [-0.1, -0.05) is 19.1 Å². The van der Waals surface area contributed by atoms with Crippen LogP contribution < -0.4 is 10.5 Å². The molecule has 18 heavy (non-hydrogen) atoms. The SMILES string of the molecule is CCCOc1ccc(C(N)C2COC(C)C2)cc1. The molecule has 1 aliphatic heterocycles. The quantitative estimate of drug-likeness (QED) is 0.872. The van der Waals surface area contributed by atoms with E-state index in [1.54, 1.807) is 0 Å². The molecule has 1 saturated heterocycles. The third-order valence-electron chi connectivity index (χ3n) is 3.48. The largest absolute Gasteiger partial charge is 0.494 e. The lowest BCUT2D eigenvalue weighted by molar-refractivity contribution is 0.118. The molecule has 2 rings (SSSR count). The molecular formula is C15H23NO2. The fourth-order valence-corrected chi connectivity index (χ4v) is 2.38. The predicted octanol–water partition coefficient (Wildman–Crippen LogP) is 2.90. The van der Waals surface area contributed by atoms with E-state index in [1.807, 2.05) is 12.1 Å². The minimum atomic E-state index is 0.0650. The van der Waals surface area contributed by atoms with Gasteiger partial charge in [-0.15, -0.1) is 0 Å². The maximum absolute atomic E-state index is 6.29. The van der Waals surface area contributed by atoms with Crippen LogP contribution in [0, 0.1) is 5.92 Å². The average Bonchev–Trinajstić information content (AvgIpc) is 2.83. The number of benzene rings is 1. The van der Waals surface area contributed by atoms with Gasteiger partial charge in [0.15, 0.2) is 0 Å². The van der Waals surface area contributed by atoms with Gasteiger partial charge in [-0.05, 0) is 37.5 Å². The molecular weight excluding hydrogens is 226 g/mol. The molecule has 1 aromatic rings. The van der Waals surface area contributed by atoms with E-state index in [0.717, 1.165) is 31.8 Å². The topological polar surface area (TPSA) is 44.5 Å². The highest BCUT2D eigenvalue weighted by Gasteiger charge is 2.28. The third-order valence-corrected chi connectivity index (χ3v) is 3.48. The van der Waals surface area contributed by atoms with Gasteiger partial charge < -0.3 is 15.2 Å². The van der Waals surface area contributed by atoms with E-state index < -0.39 is 0 Å². The lowest BCUT2D eigenvalue weighted by Crippen LogP contribution is -2.21. The zero-order chi connectivity index (χ0) is 13.0. The first-order valence-electron chi connectivity index (χ1n) is 6.80. The molecule has 3 atom stereocenters. The van der Waals surface area contributed by atoms with Gasteiger partial charge in [0.05, 0.1) is 19.3 Å². The molecule has 3 nitrogen and oxygen atoms in total. The van der Waals surface area contributed by atoms with Crippen LogP contribution in [-0.2, 0) is 4.74 Å². The third kappa shape index (κ3) is 3.24. The molecule has 1 fully saturated rings. The number of hydrogen-bond acceptors (Lipinski definition) is 3. The Hall–Kier alpha value is -1.06. The first-order chi connectivity index (χ1) is 8.70. The van der Waals surface area contributed by atoms with Crippen molar-refractivity contribution in [2.45, 2.75) is 38.8 Å². The monoisotopic (exact) mass is 249 g/mol. The van der Waals surface area contributed by atoms with Crippen molar-refractivity contribution < 1.29 is 9.47 Å². The normalized spacial score (nSPS) is 25.1. The molecule has 0 bridgehead atoms. The fraction of sp³-hybridized carbons (Fsp3) is 0.600. The van der Waals surface area contributed by atoms with E-state index in [1.165, 1.54) is 5.56 Å². The summed E-state index contributed by atoms with van der Waals surface area (Å²) in [5.41, 5.74) is 7.46. The molecule has 3 unspecified atom stereocenters. The van der Waals surface area contributed by atoms with Crippen LogP contribution in [0.15, 0.2) is 24.3 Å². The maximum Gasteiger partial charge on any atom is 0.119 e. The molecule has 0 radical (unpaired) electrons. The van der Waals surface area contributed by atoms with Crippen LogP contribution in [0.1, 0.15) is 38.3 Å². The van der Waals surface area contributed by atoms with Gasteiger partial charge in [-0.25, -0.2) is 0 Å². The highest BCUT2D eigenvalue weighted by Crippen LogP contribution is 2.30. The Bertz CT molecular complexity index is 363. The van der Waals surface area contributed by atoms with Crippen LogP contribution in [-0.4, -0.2) is 19.3 Å². The second-order valence-electron chi connectivity index (χ2n) is 5.08. The second kappa shape index (κ2) is 6.21. The predicted molar refractivity (Wildman–Crippen MR) is 72.7 cm³/mol. The van der Waals surface area contributed by atoms with Crippen LogP contribution >= 0.6 is 0 Å². The van der Waals surface area contributed by atoms with E-state index in [9.17, 15) is 0 Å². The Balaban J connectivity index is 1.96. The van der Waals surface area contributed by atoms with Crippen molar-refractivity contribution in [3.63, 3.8) is 0 Å². The number of rotatable bonds is 5. The van der Waals surface area contributed by atoms with Crippen LogP contribution in [0.5, 0.6) is 5.75 Å². The maximum atomic E-state index is 6.29. The van der Waals surface area contributed by atoms with Crippen LogP contribution in [0.2, 0.25) is 0 Å². The van der Waals surface area contributed by atoms with Crippen molar-refractivity contribution in [2.75, 3.05) is 13.2 Å². The lowest BCUT2D eigenvalue weighted by Gasteiger charge is -2.18. The molecule has 0 aromatic heterocycles. The van der Waals surface area contributed by atoms with Crippen molar-refractivity contribution in [2.24, 2.45) is 11.7 Å². The molecule has 0 saturated carbocycles. The van der Waals surface area contributed by atoms with Gasteiger partial charge in [0.1, 0.15) is 5.75 Å². The van der Waals surface area contributed by atoms with E-state index in [0.29, 0.717) is 12.0 Å². The van der Waals surface area contributed by atoms with Gasteiger partial charge in [-0.2, -0.15) is 0 Å². The summed E-state index contributed by atoms with van der Waals surface area (Å²) in [4.78, 5) is 0. The molecule has 1 aromatic carbocycles. The van der Waals surface area contributed by atoms with Crippen molar-refractivity contribution in [3.05, 3.63) is 29.8 Å². The highest BCUT2D eigenvalue weighted by molar-refractivity contribution is 5.29. The molecule has 3 heteroatoms. The molecule has 0 spiro atoms. The van der Waals surface area contributed by atoms with Gasteiger partial charge in [0.25, 0.3) is 0 Å². The van der Waals surface area contributed by atoms with Crippen LogP contribution in [0.4, 0.5) is 0 Å². The van der Waals surface area contributed by atoms with Gasteiger partial charge in [0, 0.05) is 12.0 Å². The van der Waals surface area contributed by atoms with Crippen molar-refractivity contribution >= 4 is 0 Å². The fourth-order valence-electron chi connectivity index (χ4n) is 2.38. The van der Waals surface area contributed by atoms with Gasteiger partial charge in [0.2, 0.25) is 0 Å². The summed E-state index contributed by atoms with van der Waals surface area (Å²) in [7, 11) is 0. The summed E-state index contributed by atoms with van der Waals surface area (Å²) in [6.45, 7) is 5.75. The smallest absolute Gasteiger partial charge is 0.119 e. The molecule has 100 valence electrons. The van der Waals surface area contributed by atoms with Crippen LogP contribution in [0.25, 0.3) is 0 Å². The van der Waals surface area contributed by atoms with Crippen LogP contribution in [0.3, 0.4) is 0 Å². The minimum Gasteiger partial charge on any atom is -0.494 e. The van der Waals surface area contributed by atoms with E-state index in [4.69, 9.17) is 15.2 Å². The summed E-state index contributed by atoms with van der Waals surface area (Å²) in [5, 5.41) is 0. The Morgan fingerprint density at radius 3 is 2.67 bits per heavy atom. The molecule has 2 N–H and O–H groups in total. The second-order valence-corrected chi connectivity index (χ2v) is 5.08. The first kappa shape index (κ1) is 13.4. The summed E-state index contributed by atoms with van der Waals surface area (Å²) < 4.78 is 11.1. The molecule has 0 aliphatic carbocycles. The Morgan fingerprint density at radius 2 is 2.11 bits per heavy atom. The Morgan fingerprint density at radius 1 is 1.39 bits per heavy atom. The van der Waals surface area contributed by atoms with Gasteiger partial charge >= 0.3 is 0 Å². The number of hydrogen-bond donors (Lipinski definition) is 1. The Kier molecular flexibility index (Phi) is 4.61. The minimum absolute atomic E-state index is 0.0650.